The fourth-order valence-corrected chi connectivity index (χ4v) is 4.58. The van der Waals surface area contributed by atoms with E-state index in [-0.39, 0.29) is 36.1 Å². The Morgan fingerprint density at radius 1 is 1.15 bits per heavy atom. The van der Waals surface area contributed by atoms with E-state index in [2.05, 4.69) is 15.4 Å². The van der Waals surface area contributed by atoms with Crippen LogP contribution in [0, 0.1) is 5.82 Å². The molecule has 0 unspecified atom stereocenters. The molecule has 1 fully saturated rings. The Labute approximate surface area is 195 Å². The zero-order valence-corrected chi connectivity index (χ0v) is 18.9. The topological polar surface area (TPSA) is 66.3 Å². The number of nitrogens with one attached hydrogen (secondary N) is 1. The van der Waals surface area contributed by atoms with Crippen molar-refractivity contribution in [1.29, 1.82) is 0 Å². The van der Waals surface area contributed by atoms with E-state index in [4.69, 9.17) is 0 Å². The summed E-state index contributed by atoms with van der Waals surface area (Å²) in [5.41, 5.74) is 2.79. The van der Waals surface area contributed by atoms with Crippen LogP contribution < -0.4 is 10.2 Å². The predicted molar refractivity (Wildman–Crippen MR) is 122 cm³/mol. The lowest BCUT2D eigenvalue weighted by Crippen LogP contribution is -2.33. The number of rotatable bonds is 4. The molecule has 2 aliphatic rings. The zero-order chi connectivity index (χ0) is 24.0. The molecule has 0 aliphatic carbocycles. The Balaban J connectivity index is 1.49. The van der Waals surface area contributed by atoms with Crippen molar-refractivity contribution in [1.82, 2.24) is 19.7 Å². The highest BCUT2D eigenvalue weighted by molar-refractivity contribution is 5.99. The fraction of sp³-hybridized carbons (Fsp3) is 0.375. The van der Waals surface area contributed by atoms with Gasteiger partial charge in [0.25, 0.3) is 5.92 Å². The van der Waals surface area contributed by atoms with Gasteiger partial charge in [0.1, 0.15) is 5.82 Å². The number of aromatic nitrogens is 3. The number of pyridine rings is 1. The number of nitrogens with zero attached hydrogens (tertiary/aromatic N) is 5. The molecule has 2 aliphatic heterocycles. The maximum absolute atomic E-state index is 14.7. The number of carbonyl (C=O) groups excluding carboxylic acids is 1. The second-order valence-corrected chi connectivity index (χ2v) is 9.01. The lowest BCUT2D eigenvalue weighted by atomic mass is 10.0. The highest BCUT2D eigenvalue weighted by Crippen LogP contribution is 2.40. The Hall–Kier alpha value is -3.56. The summed E-state index contributed by atoms with van der Waals surface area (Å²) < 4.78 is 44.6. The molecule has 3 aromatic rings. The Kier molecular flexibility index (Phi) is 5.45. The number of alkyl halides is 2. The van der Waals surface area contributed by atoms with E-state index in [0.717, 1.165) is 11.3 Å². The molecule has 0 atom stereocenters. The molecule has 2 amide bonds. The van der Waals surface area contributed by atoms with Crippen LogP contribution in [-0.4, -0.2) is 44.7 Å². The predicted octanol–water partition coefficient (Wildman–Crippen LogP) is 5.06. The highest BCUT2D eigenvalue weighted by atomic mass is 19.3. The summed E-state index contributed by atoms with van der Waals surface area (Å²) >= 11 is 0. The lowest BCUT2D eigenvalue weighted by molar-refractivity contribution is 0.0257. The summed E-state index contributed by atoms with van der Waals surface area (Å²) in [5, 5.41) is 7.25. The van der Waals surface area contributed by atoms with Crippen molar-refractivity contribution in [3.05, 3.63) is 59.8 Å². The monoisotopic (exact) mass is 470 g/mol. The number of amides is 2. The summed E-state index contributed by atoms with van der Waals surface area (Å²) in [5.74, 6) is -3.13. The first kappa shape index (κ1) is 22.2. The summed E-state index contributed by atoms with van der Waals surface area (Å²) in [6.45, 7) is 4.35. The maximum atomic E-state index is 14.7. The normalized spacial score (nSPS) is 16.9. The molecule has 0 saturated carbocycles. The van der Waals surface area contributed by atoms with Crippen LogP contribution in [0.4, 0.5) is 29.5 Å². The van der Waals surface area contributed by atoms with E-state index in [9.17, 15) is 18.0 Å². The van der Waals surface area contributed by atoms with Gasteiger partial charge in [-0.2, -0.15) is 5.10 Å². The second-order valence-electron chi connectivity index (χ2n) is 9.01. The van der Waals surface area contributed by atoms with Gasteiger partial charge in [-0.3, -0.25) is 4.68 Å². The summed E-state index contributed by atoms with van der Waals surface area (Å²) in [4.78, 5) is 20.7. The highest BCUT2D eigenvalue weighted by Gasteiger charge is 2.40. The molecule has 1 aromatic carbocycles. The van der Waals surface area contributed by atoms with Gasteiger partial charge >= 0.3 is 6.03 Å². The molecular weight excluding hydrogens is 445 g/mol. The molecule has 5 rings (SSSR count). The van der Waals surface area contributed by atoms with Gasteiger partial charge in [0.05, 0.1) is 37.2 Å². The minimum atomic E-state index is -2.85. The smallest absolute Gasteiger partial charge is 0.322 e. The van der Waals surface area contributed by atoms with Crippen molar-refractivity contribution < 1.29 is 18.0 Å². The van der Waals surface area contributed by atoms with Crippen LogP contribution >= 0.6 is 0 Å². The average Bonchev–Trinajstić information content (AvgIpc) is 3.48. The molecule has 1 N–H and O–H groups in total. The van der Waals surface area contributed by atoms with Gasteiger partial charge in [0.15, 0.2) is 5.82 Å². The average molecular weight is 470 g/mol. The minimum Gasteiger partial charge on any atom is -0.349 e. The molecule has 0 spiro atoms. The summed E-state index contributed by atoms with van der Waals surface area (Å²) in [6, 6.07) is 7.49. The molecule has 34 heavy (non-hydrogen) atoms. The van der Waals surface area contributed by atoms with Gasteiger partial charge in [0.2, 0.25) is 0 Å². The molecular formula is C24H25F3N6O. The third kappa shape index (κ3) is 3.97. The van der Waals surface area contributed by atoms with Crippen molar-refractivity contribution >= 4 is 17.5 Å². The molecule has 0 bridgehead atoms. The van der Waals surface area contributed by atoms with Gasteiger partial charge in [-0.15, -0.1) is 0 Å². The molecule has 10 heteroatoms. The lowest BCUT2D eigenvalue weighted by Gasteiger charge is -2.25. The van der Waals surface area contributed by atoms with E-state index in [0.29, 0.717) is 18.7 Å². The molecule has 1 saturated heterocycles. The number of urea groups is 1. The number of benzene rings is 1. The standard InChI is InChI=1S/C24H25F3N6O/c1-15(2)33-20-13-32(12-16(20)11-29-33)23(34)30-21-18(17-5-3-4-6-19(17)25)7-9-28-22(21)31-10-8-24(26,27)14-31/h3-7,9,11,15H,8,10,12-14H2,1-2H3,(H,30,34). The molecule has 7 nitrogen and oxygen atoms in total. The van der Waals surface area contributed by atoms with Crippen LogP contribution in [0.5, 0.6) is 0 Å². The number of carbonyl (C=O) groups is 1. The van der Waals surface area contributed by atoms with Gasteiger partial charge in [0, 0.05) is 41.9 Å². The van der Waals surface area contributed by atoms with Gasteiger partial charge in [-0.25, -0.2) is 22.9 Å². The quantitative estimate of drug-likeness (QED) is 0.579. The van der Waals surface area contributed by atoms with E-state index in [1.165, 1.54) is 17.2 Å². The number of hydrogen-bond donors (Lipinski definition) is 1. The maximum Gasteiger partial charge on any atom is 0.322 e. The molecule has 4 heterocycles. The van der Waals surface area contributed by atoms with Crippen molar-refractivity contribution in [3.63, 3.8) is 0 Å². The van der Waals surface area contributed by atoms with Crippen LogP contribution in [0.3, 0.4) is 0 Å². The van der Waals surface area contributed by atoms with Crippen LogP contribution in [0.1, 0.15) is 37.6 Å². The number of fused-ring (bicyclic) bond motifs is 1. The van der Waals surface area contributed by atoms with Crippen molar-refractivity contribution in [3.8, 4) is 11.1 Å². The van der Waals surface area contributed by atoms with Crippen LogP contribution in [0.15, 0.2) is 42.7 Å². The first-order valence-corrected chi connectivity index (χ1v) is 11.2. The van der Waals surface area contributed by atoms with Gasteiger partial charge in [-0.05, 0) is 26.0 Å². The first-order valence-electron chi connectivity index (χ1n) is 11.2. The molecule has 2 aromatic heterocycles. The third-order valence-electron chi connectivity index (χ3n) is 6.26. The Bertz CT molecular complexity index is 1240. The third-order valence-corrected chi connectivity index (χ3v) is 6.26. The second kappa shape index (κ2) is 8.34. The number of hydrogen-bond acceptors (Lipinski definition) is 4. The number of halogens is 3. The zero-order valence-electron chi connectivity index (χ0n) is 18.9. The fourth-order valence-electron chi connectivity index (χ4n) is 4.58. The Morgan fingerprint density at radius 2 is 1.94 bits per heavy atom. The molecule has 178 valence electrons. The SMILES string of the molecule is CC(C)n1ncc2c1CN(C(=O)Nc1c(-c3ccccc3F)ccnc1N1CCC(F)(F)C1)C2. The van der Waals surface area contributed by atoms with E-state index in [1.54, 1.807) is 35.4 Å². The summed E-state index contributed by atoms with van der Waals surface area (Å²) in [6.07, 6.45) is 2.90. The van der Waals surface area contributed by atoms with Crippen LogP contribution in [0.25, 0.3) is 11.1 Å². The van der Waals surface area contributed by atoms with E-state index in [1.807, 2.05) is 18.5 Å². The Morgan fingerprint density at radius 3 is 2.65 bits per heavy atom. The van der Waals surface area contributed by atoms with Gasteiger partial charge in [-0.1, -0.05) is 18.2 Å². The van der Waals surface area contributed by atoms with Crippen molar-refractivity contribution in [2.45, 2.75) is 45.3 Å². The molecule has 0 radical (unpaired) electrons. The van der Waals surface area contributed by atoms with Crippen LogP contribution in [-0.2, 0) is 13.1 Å². The van der Waals surface area contributed by atoms with Gasteiger partial charge < -0.3 is 15.1 Å². The minimum absolute atomic E-state index is 0.0863. The first-order chi connectivity index (χ1) is 16.2. The summed E-state index contributed by atoms with van der Waals surface area (Å²) in [7, 11) is 0. The van der Waals surface area contributed by atoms with Crippen molar-refractivity contribution in [2.24, 2.45) is 0 Å². The van der Waals surface area contributed by atoms with E-state index < -0.39 is 24.3 Å². The number of anilines is 2. The van der Waals surface area contributed by atoms with Crippen molar-refractivity contribution in [2.75, 3.05) is 23.3 Å². The largest absolute Gasteiger partial charge is 0.349 e. The van der Waals surface area contributed by atoms with Crippen LogP contribution in [0.2, 0.25) is 0 Å². The van der Waals surface area contributed by atoms with E-state index >= 15 is 0 Å².